The van der Waals surface area contributed by atoms with E-state index in [0.29, 0.717) is 0 Å². The van der Waals surface area contributed by atoms with Crippen LogP contribution >= 0.6 is 0 Å². The van der Waals surface area contributed by atoms with Gasteiger partial charge in [-0.1, -0.05) is 19.8 Å². The van der Waals surface area contributed by atoms with Crippen molar-refractivity contribution in [2.24, 2.45) is 0 Å². The molecule has 0 bridgehead atoms. The molecule has 0 spiro atoms. The van der Waals surface area contributed by atoms with E-state index < -0.39 is 0 Å². The fraction of sp³-hybridized carbons (Fsp3) is 1.00. The molecule has 0 saturated carbocycles. The van der Waals surface area contributed by atoms with Gasteiger partial charge in [0.15, 0.2) is 0 Å². The van der Waals surface area contributed by atoms with Crippen LogP contribution in [0.2, 0.25) is 0 Å². The zero-order valence-corrected chi connectivity index (χ0v) is 11.2. The molecule has 3 nitrogen and oxygen atoms in total. The van der Waals surface area contributed by atoms with Crippen LogP contribution in [0.1, 0.15) is 32.6 Å². The predicted octanol–water partition coefficient (Wildman–Crippen LogP) is 1.40. The highest BCUT2D eigenvalue weighted by atomic mass is 15.2. The Labute approximate surface area is 101 Å². The van der Waals surface area contributed by atoms with Crippen LogP contribution in [-0.2, 0) is 0 Å². The summed E-state index contributed by atoms with van der Waals surface area (Å²) in [6.07, 6.45) is 5.34. The molecule has 16 heavy (non-hydrogen) atoms. The fourth-order valence-corrected chi connectivity index (χ4v) is 2.19. The molecule has 1 rings (SSSR count). The number of likely N-dealkylation sites (N-methyl/N-ethyl adjacent to an activating group) is 1. The SMILES string of the molecule is CCCCCNCCN1CCCN(C)CC1. The van der Waals surface area contributed by atoms with Gasteiger partial charge in [-0.25, -0.2) is 0 Å². The highest BCUT2D eigenvalue weighted by molar-refractivity contribution is 4.67. The number of unbranched alkanes of at least 4 members (excludes halogenated alkanes) is 2. The average Bonchev–Trinajstić information content (AvgIpc) is 2.49. The molecule has 0 amide bonds. The molecular formula is C13H29N3. The van der Waals surface area contributed by atoms with E-state index in [4.69, 9.17) is 0 Å². The Morgan fingerprint density at radius 2 is 1.88 bits per heavy atom. The van der Waals surface area contributed by atoms with Crippen molar-refractivity contribution in [1.29, 1.82) is 0 Å². The van der Waals surface area contributed by atoms with E-state index >= 15 is 0 Å². The normalized spacial score (nSPS) is 19.9. The van der Waals surface area contributed by atoms with Crippen LogP contribution in [-0.4, -0.2) is 62.7 Å². The second kappa shape index (κ2) is 8.97. The van der Waals surface area contributed by atoms with E-state index in [1.165, 1.54) is 65.0 Å². The van der Waals surface area contributed by atoms with Gasteiger partial charge in [-0.05, 0) is 39.5 Å². The first-order valence-corrected chi connectivity index (χ1v) is 6.94. The molecule has 3 heteroatoms. The third-order valence-electron chi connectivity index (χ3n) is 3.37. The van der Waals surface area contributed by atoms with Gasteiger partial charge in [0, 0.05) is 26.2 Å². The van der Waals surface area contributed by atoms with Gasteiger partial charge in [0.2, 0.25) is 0 Å². The second-order valence-electron chi connectivity index (χ2n) is 4.96. The van der Waals surface area contributed by atoms with Crippen LogP contribution in [0.4, 0.5) is 0 Å². The quantitative estimate of drug-likeness (QED) is 0.663. The van der Waals surface area contributed by atoms with Gasteiger partial charge in [-0.15, -0.1) is 0 Å². The Hall–Kier alpha value is -0.120. The monoisotopic (exact) mass is 227 g/mol. The van der Waals surface area contributed by atoms with Crippen molar-refractivity contribution in [3.05, 3.63) is 0 Å². The molecule has 0 aromatic rings. The molecule has 96 valence electrons. The van der Waals surface area contributed by atoms with E-state index in [1.54, 1.807) is 0 Å². The maximum Gasteiger partial charge on any atom is 0.0110 e. The lowest BCUT2D eigenvalue weighted by atomic mass is 10.2. The van der Waals surface area contributed by atoms with Crippen LogP contribution < -0.4 is 5.32 Å². The second-order valence-corrected chi connectivity index (χ2v) is 4.96. The highest BCUT2D eigenvalue weighted by Crippen LogP contribution is 1.99. The van der Waals surface area contributed by atoms with Crippen LogP contribution in [0.15, 0.2) is 0 Å². The Morgan fingerprint density at radius 3 is 2.69 bits per heavy atom. The van der Waals surface area contributed by atoms with Crippen LogP contribution in [0.3, 0.4) is 0 Å². The van der Waals surface area contributed by atoms with Gasteiger partial charge >= 0.3 is 0 Å². The summed E-state index contributed by atoms with van der Waals surface area (Å²) in [6, 6.07) is 0. The van der Waals surface area contributed by atoms with Crippen LogP contribution in [0.5, 0.6) is 0 Å². The minimum atomic E-state index is 1.16. The van der Waals surface area contributed by atoms with Gasteiger partial charge in [-0.2, -0.15) is 0 Å². The van der Waals surface area contributed by atoms with Gasteiger partial charge in [-0.3, -0.25) is 0 Å². The molecule has 0 atom stereocenters. The van der Waals surface area contributed by atoms with E-state index in [1.807, 2.05) is 0 Å². The third kappa shape index (κ3) is 6.46. The summed E-state index contributed by atoms with van der Waals surface area (Å²) < 4.78 is 0. The minimum absolute atomic E-state index is 1.16. The highest BCUT2D eigenvalue weighted by Gasteiger charge is 2.10. The number of hydrogen-bond acceptors (Lipinski definition) is 3. The maximum atomic E-state index is 3.54. The predicted molar refractivity (Wildman–Crippen MR) is 70.9 cm³/mol. The Bertz CT molecular complexity index is 161. The zero-order valence-electron chi connectivity index (χ0n) is 11.2. The van der Waals surface area contributed by atoms with E-state index in [2.05, 4.69) is 29.1 Å². The number of nitrogens with zero attached hydrogens (tertiary/aromatic N) is 2. The zero-order chi connectivity index (χ0) is 11.6. The van der Waals surface area contributed by atoms with Crippen LogP contribution in [0, 0.1) is 0 Å². The van der Waals surface area contributed by atoms with Crippen molar-refractivity contribution in [2.75, 3.05) is 52.9 Å². The Kier molecular flexibility index (Phi) is 7.81. The number of rotatable bonds is 7. The molecule has 1 aliphatic rings. The van der Waals surface area contributed by atoms with Crippen molar-refractivity contribution in [3.63, 3.8) is 0 Å². The molecule has 1 saturated heterocycles. The summed E-state index contributed by atoms with van der Waals surface area (Å²) in [6.45, 7) is 10.9. The maximum absolute atomic E-state index is 3.54. The molecule has 1 heterocycles. The van der Waals surface area contributed by atoms with E-state index in [0.717, 1.165) is 6.54 Å². The molecule has 1 fully saturated rings. The van der Waals surface area contributed by atoms with Crippen molar-refractivity contribution in [2.45, 2.75) is 32.6 Å². The molecule has 1 aliphatic heterocycles. The third-order valence-corrected chi connectivity index (χ3v) is 3.37. The summed E-state index contributed by atoms with van der Waals surface area (Å²) in [5.41, 5.74) is 0. The average molecular weight is 227 g/mol. The smallest absolute Gasteiger partial charge is 0.0110 e. The first kappa shape index (κ1) is 13.9. The van der Waals surface area contributed by atoms with Gasteiger partial charge in [0.05, 0.1) is 0 Å². The lowest BCUT2D eigenvalue weighted by Crippen LogP contribution is -2.35. The molecule has 0 aromatic carbocycles. The number of hydrogen-bond donors (Lipinski definition) is 1. The fourth-order valence-electron chi connectivity index (χ4n) is 2.19. The van der Waals surface area contributed by atoms with Crippen molar-refractivity contribution in [1.82, 2.24) is 15.1 Å². The first-order valence-electron chi connectivity index (χ1n) is 6.94. The van der Waals surface area contributed by atoms with E-state index in [9.17, 15) is 0 Å². The van der Waals surface area contributed by atoms with Crippen LogP contribution in [0.25, 0.3) is 0 Å². The molecule has 0 aromatic heterocycles. The summed E-state index contributed by atoms with van der Waals surface area (Å²) in [4.78, 5) is 5.03. The largest absolute Gasteiger partial charge is 0.315 e. The van der Waals surface area contributed by atoms with E-state index in [-0.39, 0.29) is 0 Å². The summed E-state index contributed by atoms with van der Waals surface area (Å²) >= 11 is 0. The van der Waals surface area contributed by atoms with Gasteiger partial charge in [0.25, 0.3) is 0 Å². The lowest BCUT2D eigenvalue weighted by Gasteiger charge is -2.20. The van der Waals surface area contributed by atoms with Crippen molar-refractivity contribution in [3.8, 4) is 0 Å². The molecule has 0 aliphatic carbocycles. The Morgan fingerprint density at radius 1 is 1.00 bits per heavy atom. The summed E-state index contributed by atoms with van der Waals surface area (Å²) in [5.74, 6) is 0. The molecule has 1 N–H and O–H groups in total. The molecular weight excluding hydrogens is 198 g/mol. The van der Waals surface area contributed by atoms with Crippen molar-refractivity contribution < 1.29 is 0 Å². The minimum Gasteiger partial charge on any atom is -0.315 e. The first-order chi connectivity index (χ1) is 7.83. The van der Waals surface area contributed by atoms with Crippen molar-refractivity contribution >= 4 is 0 Å². The summed E-state index contributed by atoms with van der Waals surface area (Å²) in [5, 5.41) is 3.54. The lowest BCUT2D eigenvalue weighted by molar-refractivity contribution is 0.276. The standard InChI is InChI=1S/C13H29N3/c1-3-4-5-7-14-8-11-16-10-6-9-15(2)12-13-16/h14H,3-13H2,1-2H3. The molecule has 0 unspecified atom stereocenters. The summed E-state index contributed by atoms with van der Waals surface area (Å²) in [7, 11) is 2.23. The topological polar surface area (TPSA) is 18.5 Å². The Balaban J connectivity index is 1.95. The van der Waals surface area contributed by atoms with Gasteiger partial charge in [0.1, 0.15) is 0 Å². The molecule has 0 radical (unpaired) electrons. The number of nitrogens with one attached hydrogen (secondary N) is 1. The van der Waals surface area contributed by atoms with Gasteiger partial charge < -0.3 is 15.1 Å².